The largest absolute Gasteiger partial charge is 0.497 e. The Morgan fingerprint density at radius 2 is 2.05 bits per heavy atom. The highest BCUT2D eigenvalue weighted by atomic mass is 16.5. The molecule has 0 aliphatic carbocycles. The zero-order valence-electron chi connectivity index (χ0n) is 11.5. The molecule has 20 heavy (non-hydrogen) atoms. The molecule has 1 aromatic carbocycles. The van der Waals surface area contributed by atoms with Gasteiger partial charge in [-0.05, 0) is 24.3 Å². The number of aryl methyl sites for hydroxylation is 1. The third-order valence-corrected chi connectivity index (χ3v) is 2.85. The lowest BCUT2D eigenvalue weighted by atomic mass is 10.1. The van der Waals surface area contributed by atoms with Crippen LogP contribution in [0.5, 0.6) is 11.5 Å². The van der Waals surface area contributed by atoms with Crippen LogP contribution >= 0.6 is 0 Å². The first-order valence-electron chi connectivity index (χ1n) is 6.19. The minimum atomic E-state index is 0.401. The molecule has 0 saturated carbocycles. The molecule has 0 bridgehead atoms. The second-order valence-corrected chi connectivity index (χ2v) is 4.08. The van der Waals surface area contributed by atoms with Gasteiger partial charge in [-0.3, -0.25) is 0 Å². The molecule has 0 unspecified atom stereocenters. The predicted octanol–water partition coefficient (Wildman–Crippen LogP) is 2.62. The van der Waals surface area contributed by atoms with Crippen LogP contribution in [0, 0.1) is 11.3 Å². The van der Waals surface area contributed by atoms with E-state index in [1.165, 1.54) is 0 Å². The maximum absolute atomic E-state index is 8.62. The maximum atomic E-state index is 8.62. The number of nitriles is 1. The summed E-state index contributed by atoms with van der Waals surface area (Å²) in [5.41, 5.74) is 1.59. The van der Waals surface area contributed by atoms with Crippen molar-refractivity contribution < 1.29 is 9.47 Å². The summed E-state index contributed by atoms with van der Waals surface area (Å²) in [7, 11) is 3.23. The topological polar surface area (TPSA) is 68.0 Å². The molecule has 0 aliphatic rings. The van der Waals surface area contributed by atoms with Gasteiger partial charge in [-0.2, -0.15) is 5.26 Å². The van der Waals surface area contributed by atoms with Gasteiger partial charge in [0, 0.05) is 24.6 Å². The zero-order valence-corrected chi connectivity index (χ0v) is 11.5. The summed E-state index contributed by atoms with van der Waals surface area (Å²) in [5.74, 6) is 2.10. The summed E-state index contributed by atoms with van der Waals surface area (Å²) in [4.78, 5) is 8.63. The van der Waals surface area contributed by atoms with Crippen molar-refractivity contribution in [3.63, 3.8) is 0 Å². The van der Waals surface area contributed by atoms with Crippen molar-refractivity contribution in [3.05, 3.63) is 36.3 Å². The van der Waals surface area contributed by atoms with Crippen molar-refractivity contribution in [2.45, 2.75) is 12.8 Å². The number of ether oxygens (including phenoxy) is 2. The fraction of sp³-hybridized carbons (Fsp3) is 0.267. The minimum Gasteiger partial charge on any atom is -0.497 e. The molecule has 1 heterocycles. The van der Waals surface area contributed by atoms with Crippen LogP contribution in [0.25, 0.3) is 11.3 Å². The number of aromatic nitrogens is 2. The Labute approximate surface area is 117 Å². The molecule has 0 amide bonds. The Hall–Kier alpha value is -2.61. The van der Waals surface area contributed by atoms with Gasteiger partial charge in [0.25, 0.3) is 0 Å². The first kappa shape index (κ1) is 13.8. The van der Waals surface area contributed by atoms with Crippen molar-refractivity contribution >= 4 is 0 Å². The fourth-order valence-corrected chi connectivity index (χ4v) is 1.85. The van der Waals surface area contributed by atoms with E-state index >= 15 is 0 Å². The molecule has 2 aromatic rings. The first-order chi connectivity index (χ1) is 9.78. The van der Waals surface area contributed by atoms with Crippen molar-refractivity contribution in [1.29, 1.82) is 5.26 Å². The number of rotatable bonds is 5. The molecule has 0 saturated heterocycles. The Kier molecular flexibility index (Phi) is 4.51. The van der Waals surface area contributed by atoms with Crippen molar-refractivity contribution in [2.75, 3.05) is 14.2 Å². The van der Waals surface area contributed by atoms with Crippen molar-refractivity contribution in [1.82, 2.24) is 9.97 Å². The Morgan fingerprint density at radius 1 is 1.20 bits per heavy atom. The van der Waals surface area contributed by atoms with Crippen LogP contribution in [0.15, 0.2) is 30.5 Å². The molecule has 0 atom stereocenters. The molecule has 0 fully saturated rings. The van der Waals surface area contributed by atoms with Gasteiger partial charge >= 0.3 is 0 Å². The number of hydrogen-bond donors (Lipinski definition) is 0. The highest BCUT2D eigenvalue weighted by Crippen LogP contribution is 2.32. The van der Waals surface area contributed by atoms with E-state index in [9.17, 15) is 0 Å². The zero-order chi connectivity index (χ0) is 14.4. The molecule has 2 rings (SSSR count). The molecule has 5 heteroatoms. The summed E-state index contributed by atoms with van der Waals surface area (Å²) in [6.07, 6.45) is 2.63. The van der Waals surface area contributed by atoms with Crippen molar-refractivity contribution in [2.24, 2.45) is 0 Å². The molecular weight excluding hydrogens is 254 g/mol. The highest BCUT2D eigenvalue weighted by Gasteiger charge is 2.10. The van der Waals surface area contributed by atoms with Gasteiger partial charge in [0.15, 0.2) is 0 Å². The van der Waals surface area contributed by atoms with Gasteiger partial charge in [0.2, 0.25) is 0 Å². The molecule has 0 N–H and O–H groups in total. The van der Waals surface area contributed by atoms with E-state index in [0.717, 1.165) is 22.8 Å². The minimum absolute atomic E-state index is 0.401. The highest BCUT2D eigenvalue weighted by molar-refractivity contribution is 5.68. The molecule has 102 valence electrons. The summed E-state index contributed by atoms with van der Waals surface area (Å²) in [5, 5.41) is 8.62. The number of nitrogens with zero attached hydrogens (tertiary/aromatic N) is 3. The summed E-state index contributed by atoms with van der Waals surface area (Å²) in [6.45, 7) is 0. The monoisotopic (exact) mass is 269 g/mol. The van der Waals surface area contributed by atoms with Gasteiger partial charge in [-0.25, -0.2) is 9.97 Å². The van der Waals surface area contributed by atoms with E-state index in [4.69, 9.17) is 14.7 Å². The maximum Gasteiger partial charge on any atom is 0.129 e. The van der Waals surface area contributed by atoms with Crippen LogP contribution < -0.4 is 9.47 Å². The third kappa shape index (κ3) is 3.04. The predicted molar refractivity (Wildman–Crippen MR) is 74.5 cm³/mol. The summed E-state index contributed by atoms with van der Waals surface area (Å²) in [6, 6.07) is 9.45. The van der Waals surface area contributed by atoms with Gasteiger partial charge in [-0.15, -0.1) is 0 Å². The first-order valence-corrected chi connectivity index (χ1v) is 6.19. The quantitative estimate of drug-likeness (QED) is 0.834. The van der Waals surface area contributed by atoms with Crippen LogP contribution in [0.4, 0.5) is 0 Å². The van der Waals surface area contributed by atoms with E-state index in [0.29, 0.717) is 18.7 Å². The molecule has 0 aliphatic heterocycles. The van der Waals surface area contributed by atoms with E-state index in [1.807, 2.05) is 24.3 Å². The number of methoxy groups -OCH3 is 2. The lowest BCUT2D eigenvalue weighted by molar-refractivity contribution is 0.404. The Balaban J connectivity index is 2.42. The molecular formula is C15H15N3O2. The van der Waals surface area contributed by atoms with E-state index in [-0.39, 0.29) is 0 Å². The lowest BCUT2D eigenvalue weighted by Crippen LogP contribution is -1.97. The number of benzene rings is 1. The summed E-state index contributed by atoms with van der Waals surface area (Å²) >= 11 is 0. The average Bonchev–Trinajstić information content (AvgIpc) is 2.52. The van der Waals surface area contributed by atoms with Crippen LogP contribution in [0.3, 0.4) is 0 Å². The van der Waals surface area contributed by atoms with Crippen molar-refractivity contribution in [3.8, 4) is 28.8 Å². The SMILES string of the molecule is COc1ccc(OC)c(-c2ccnc(CCC#N)n2)c1. The molecule has 0 spiro atoms. The average molecular weight is 269 g/mol. The lowest BCUT2D eigenvalue weighted by Gasteiger charge is -2.10. The molecule has 1 aromatic heterocycles. The third-order valence-electron chi connectivity index (χ3n) is 2.85. The van der Waals surface area contributed by atoms with Gasteiger partial charge in [0.1, 0.15) is 17.3 Å². The second kappa shape index (κ2) is 6.53. The Morgan fingerprint density at radius 3 is 2.75 bits per heavy atom. The van der Waals surface area contributed by atoms with Crippen LogP contribution in [0.2, 0.25) is 0 Å². The fourth-order valence-electron chi connectivity index (χ4n) is 1.85. The van der Waals surface area contributed by atoms with Gasteiger partial charge in [-0.1, -0.05) is 0 Å². The van der Waals surface area contributed by atoms with Gasteiger partial charge in [0.05, 0.1) is 26.0 Å². The molecule has 0 radical (unpaired) electrons. The number of hydrogen-bond acceptors (Lipinski definition) is 5. The standard InChI is InChI=1S/C15H15N3O2/c1-19-11-5-6-14(20-2)12(10-11)13-7-9-17-15(18-13)4-3-8-16/h5-7,9-10H,3-4H2,1-2H3. The summed E-state index contributed by atoms with van der Waals surface area (Å²) < 4.78 is 10.6. The van der Waals surface area contributed by atoms with E-state index in [2.05, 4.69) is 16.0 Å². The van der Waals surface area contributed by atoms with E-state index in [1.54, 1.807) is 20.4 Å². The Bertz CT molecular complexity index is 635. The van der Waals surface area contributed by atoms with Gasteiger partial charge < -0.3 is 9.47 Å². The molecule has 5 nitrogen and oxygen atoms in total. The van der Waals surface area contributed by atoms with Crippen LogP contribution in [-0.4, -0.2) is 24.2 Å². The normalized spacial score (nSPS) is 9.85. The second-order valence-electron chi connectivity index (χ2n) is 4.08. The van der Waals surface area contributed by atoms with Crippen LogP contribution in [-0.2, 0) is 6.42 Å². The van der Waals surface area contributed by atoms with E-state index < -0.39 is 0 Å². The van der Waals surface area contributed by atoms with Crippen LogP contribution in [0.1, 0.15) is 12.2 Å². The smallest absolute Gasteiger partial charge is 0.129 e.